The Morgan fingerprint density at radius 3 is 2.21 bits per heavy atom. The molecule has 0 saturated carbocycles. The summed E-state index contributed by atoms with van der Waals surface area (Å²) in [5.41, 5.74) is 0. The molecular formula is C7H17O5PSi. The molecule has 0 aliphatic rings. The first-order valence-electron chi connectivity index (χ1n) is 4.12. The Morgan fingerprint density at radius 2 is 1.93 bits per heavy atom. The van der Waals surface area contributed by atoms with E-state index in [1.165, 1.54) is 13.2 Å². The molecule has 84 valence electrons. The predicted molar refractivity (Wildman–Crippen MR) is 56.4 cm³/mol. The molecule has 0 amide bonds. The summed E-state index contributed by atoms with van der Waals surface area (Å²) in [6.07, 6.45) is 0.916. The molecule has 0 aliphatic heterocycles. The van der Waals surface area contributed by atoms with Gasteiger partial charge in [-0.2, -0.15) is 0 Å². The monoisotopic (exact) mass is 240 g/mol. The number of methoxy groups -OCH3 is 1. The Kier molecular flexibility index (Phi) is 4.87. The first kappa shape index (κ1) is 13.7. The summed E-state index contributed by atoms with van der Waals surface area (Å²) < 4.78 is 20.8. The molecule has 0 bridgehead atoms. The van der Waals surface area contributed by atoms with Crippen molar-refractivity contribution in [1.82, 2.24) is 0 Å². The summed E-state index contributed by atoms with van der Waals surface area (Å²) in [5, 5.41) is 0. The lowest BCUT2D eigenvalue weighted by atomic mass is 10.7. The SMILES string of the molecule is CO/C(=C/CP(=O)(O)O)O[Si](C)(C)C. The molecule has 0 unspecified atom stereocenters. The molecule has 7 heteroatoms. The molecule has 0 aliphatic carbocycles. The molecule has 0 aromatic rings. The highest BCUT2D eigenvalue weighted by Gasteiger charge is 2.19. The van der Waals surface area contributed by atoms with E-state index in [-0.39, 0.29) is 12.1 Å². The molecule has 0 fully saturated rings. The second-order valence-corrected chi connectivity index (χ2v) is 9.91. The largest absolute Gasteiger partial charge is 0.520 e. The number of rotatable bonds is 5. The zero-order valence-corrected chi connectivity index (χ0v) is 10.7. The Bertz CT molecular complexity index is 251. The van der Waals surface area contributed by atoms with Gasteiger partial charge in [0.2, 0.25) is 8.32 Å². The van der Waals surface area contributed by atoms with Crippen LogP contribution in [0.1, 0.15) is 0 Å². The fourth-order valence-corrected chi connectivity index (χ4v) is 1.82. The van der Waals surface area contributed by atoms with Crippen molar-refractivity contribution in [3.05, 3.63) is 12.0 Å². The van der Waals surface area contributed by atoms with E-state index in [9.17, 15) is 4.57 Å². The second kappa shape index (κ2) is 4.98. The van der Waals surface area contributed by atoms with Gasteiger partial charge < -0.3 is 18.9 Å². The Hall–Kier alpha value is -0.293. The normalized spacial score (nSPS) is 14.0. The van der Waals surface area contributed by atoms with Crippen LogP contribution in [0.15, 0.2) is 12.0 Å². The van der Waals surface area contributed by atoms with Crippen molar-refractivity contribution in [2.45, 2.75) is 19.6 Å². The van der Waals surface area contributed by atoms with E-state index in [1.54, 1.807) is 0 Å². The fraction of sp³-hybridized carbons (Fsp3) is 0.714. The topological polar surface area (TPSA) is 76.0 Å². The molecular weight excluding hydrogens is 223 g/mol. The highest BCUT2D eigenvalue weighted by atomic mass is 31.2. The van der Waals surface area contributed by atoms with Crippen LogP contribution in [0, 0.1) is 0 Å². The van der Waals surface area contributed by atoms with Crippen LogP contribution >= 0.6 is 7.60 Å². The van der Waals surface area contributed by atoms with Crippen LogP contribution < -0.4 is 0 Å². The summed E-state index contributed by atoms with van der Waals surface area (Å²) in [5.74, 6) is 0.187. The van der Waals surface area contributed by atoms with Crippen molar-refractivity contribution in [3.8, 4) is 0 Å². The van der Waals surface area contributed by atoms with Gasteiger partial charge in [-0.15, -0.1) is 0 Å². The first-order chi connectivity index (χ1) is 6.14. The zero-order valence-electron chi connectivity index (χ0n) is 8.85. The van der Waals surface area contributed by atoms with Crippen LogP contribution in [-0.2, 0) is 13.7 Å². The molecule has 5 nitrogen and oxygen atoms in total. The molecule has 0 atom stereocenters. The molecule has 0 aromatic carbocycles. The van der Waals surface area contributed by atoms with Crippen LogP contribution in [-0.4, -0.2) is 31.4 Å². The lowest BCUT2D eigenvalue weighted by Crippen LogP contribution is -2.25. The molecule has 2 N–H and O–H groups in total. The van der Waals surface area contributed by atoms with Gasteiger partial charge in [-0.25, -0.2) is 0 Å². The summed E-state index contributed by atoms with van der Waals surface area (Å²) in [7, 11) is -4.39. The number of hydrogen-bond acceptors (Lipinski definition) is 3. The van der Waals surface area contributed by atoms with Gasteiger partial charge in [0.25, 0.3) is 5.95 Å². The van der Waals surface area contributed by atoms with E-state index in [1.807, 2.05) is 19.6 Å². The van der Waals surface area contributed by atoms with Gasteiger partial charge >= 0.3 is 7.60 Å². The van der Waals surface area contributed by atoms with Gasteiger partial charge in [-0.3, -0.25) is 4.57 Å². The Balaban J connectivity index is 4.35. The Morgan fingerprint density at radius 1 is 1.43 bits per heavy atom. The third-order valence-corrected chi connectivity index (χ3v) is 2.58. The molecule has 0 rings (SSSR count). The zero-order chi connectivity index (χ0) is 11.4. The summed E-state index contributed by atoms with van der Waals surface area (Å²) in [6.45, 7) is 5.87. The lowest BCUT2D eigenvalue weighted by molar-refractivity contribution is 0.146. The van der Waals surface area contributed by atoms with Crippen molar-refractivity contribution in [2.75, 3.05) is 13.3 Å². The van der Waals surface area contributed by atoms with E-state index in [0.717, 1.165) is 0 Å². The van der Waals surface area contributed by atoms with Crippen molar-refractivity contribution in [3.63, 3.8) is 0 Å². The quantitative estimate of drug-likeness (QED) is 0.432. The van der Waals surface area contributed by atoms with E-state index in [0.29, 0.717) is 0 Å². The van der Waals surface area contributed by atoms with Gasteiger partial charge in [0.1, 0.15) is 0 Å². The fourth-order valence-electron chi connectivity index (χ4n) is 0.662. The minimum absolute atomic E-state index is 0.187. The summed E-state index contributed by atoms with van der Waals surface area (Å²) in [6, 6.07) is 0. The number of hydrogen-bond donors (Lipinski definition) is 2. The van der Waals surface area contributed by atoms with Crippen molar-refractivity contribution < 1.29 is 23.5 Å². The van der Waals surface area contributed by atoms with E-state index in [4.69, 9.17) is 18.9 Å². The van der Waals surface area contributed by atoms with Crippen molar-refractivity contribution in [1.29, 1.82) is 0 Å². The number of allylic oxidation sites excluding steroid dienone is 1. The highest BCUT2D eigenvalue weighted by molar-refractivity contribution is 7.51. The maximum atomic E-state index is 10.6. The van der Waals surface area contributed by atoms with Crippen molar-refractivity contribution >= 4 is 15.9 Å². The minimum Gasteiger partial charge on any atom is -0.520 e. The predicted octanol–water partition coefficient (Wildman–Crippen LogP) is 1.50. The minimum atomic E-state index is -4.02. The summed E-state index contributed by atoms with van der Waals surface area (Å²) >= 11 is 0. The number of ether oxygens (including phenoxy) is 1. The first-order valence-corrected chi connectivity index (χ1v) is 9.32. The third-order valence-electron chi connectivity index (χ3n) is 1.10. The van der Waals surface area contributed by atoms with Gasteiger partial charge in [0.05, 0.1) is 13.3 Å². The van der Waals surface area contributed by atoms with Gasteiger partial charge in [-0.05, 0) is 19.6 Å². The molecule has 0 heterocycles. The second-order valence-electron chi connectivity index (χ2n) is 3.79. The average Bonchev–Trinajstić information content (AvgIpc) is 1.94. The standard InChI is InChI=1S/C7H17O5PSi/c1-11-7(12-14(2,3)4)5-6-13(8,9)10/h5H,6H2,1-4H3,(H2,8,9,10)/b7-5-. The van der Waals surface area contributed by atoms with Crippen LogP contribution in [0.25, 0.3) is 0 Å². The smallest absolute Gasteiger partial charge is 0.329 e. The van der Waals surface area contributed by atoms with E-state index >= 15 is 0 Å². The molecule has 0 spiro atoms. The van der Waals surface area contributed by atoms with Gasteiger partial charge in [0.15, 0.2) is 0 Å². The molecule has 14 heavy (non-hydrogen) atoms. The van der Waals surface area contributed by atoms with Crippen LogP contribution in [0.5, 0.6) is 0 Å². The Labute approximate surface area is 85.0 Å². The van der Waals surface area contributed by atoms with E-state index < -0.39 is 15.9 Å². The van der Waals surface area contributed by atoms with Gasteiger partial charge in [0, 0.05) is 6.08 Å². The molecule has 0 radical (unpaired) electrons. The highest BCUT2D eigenvalue weighted by Crippen LogP contribution is 2.34. The molecule has 0 aromatic heterocycles. The third kappa shape index (κ3) is 8.31. The van der Waals surface area contributed by atoms with Crippen LogP contribution in [0.2, 0.25) is 19.6 Å². The molecule has 0 saturated heterocycles. The van der Waals surface area contributed by atoms with Crippen molar-refractivity contribution in [2.24, 2.45) is 0 Å². The average molecular weight is 240 g/mol. The van der Waals surface area contributed by atoms with Crippen LogP contribution in [0.4, 0.5) is 0 Å². The van der Waals surface area contributed by atoms with Gasteiger partial charge in [-0.1, -0.05) is 0 Å². The lowest BCUT2D eigenvalue weighted by Gasteiger charge is -2.20. The van der Waals surface area contributed by atoms with E-state index in [2.05, 4.69) is 0 Å². The van der Waals surface area contributed by atoms with Crippen LogP contribution in [0.3, 0.4) is 0 Å². The maximum Gasteiger partial charge on any atom is 0.329 e. The summed E-state index contributed by atoms with van der Waals surface area (Å²) in [4.78, 5) is 17.3. The maximum absolute atomic E-state index is 10.6.